The summed E-state index contributed by atoms with van der Waals surface area (Å²) in [6.45, 7) is 1.85. The van der Waals surface area contributed by atoms with Crippen LogP contribution in [0.15, 0.2) is 30.3 Å². The number of aliphatic hydroxyl groups is 1. The number of carbonyl (C=O) groups is 2. The quantitative estimate of drug-likeness (QED) is 0.796. The van der Waals surface area contributed by atoms with Crippen LogP contribution in [0.2, 0.25) is 0 Å². The van der Waals surface area contributed by atoms with E-state index in [0.29, 0.717) is 5.75 Å². The Balaban J connectivity index is 2.31. The third-order valence-electron chi connectivity index (χ3n) is 2.16. The molecule has 0 amide bonds. The average Bonchev–Trinajstić information content (AvgIpc) is 2.38. The van der Waals surface area contributed by atoms with Gasteiger partial charge in [-0.1, -0.05) is 42.1 Å². The second kappa shape index (κ2) is 7.89. The SMILES string of the molecule is CCOC(=O)C(O)CC(=O)SCc1ccccc1. The van der Waals surface area contributed by atoms with Gasteiger partial charge in [-0.2, -0.15) is 0 Å². The van der Waals surface area contributed by atoms with Crippen LogP contribution in [0.1, 0.15) is 18.9 Å². The predicted molar refractivity (Wildman–Crippen MR) is 70.0 cm³/mol. The molecule has 98 valence electrons. The fourth-order valence-corrected chi connectivity index (χ4v) is 2.07. The van der Waals surface area contributed by atoms with Gasteiger partial charge in [-0.3, -0.25) is 4.79 Å². The highest BCUT2D eigenvalue weighted by Gasteiger charge is 2.20. The number of carbonyl (C=O) groups excluding carboxylic acids is 2. The molecule has 0 heterocycles. The fraction of sp³-hybridized carbons (Fsp3) is 0.385. The van der Waals surface area contributed by atoms with Crippen molar-refractivity contribution in [2.45, 2.75) is 25.2 Å². The lowest BCUT2D eigenvalue weighted by Crippen LogP contribution is -2.25. The van der Waals surface area contributed by atoms with Crippen LogP contribution in [0.4, 0.5) is 0 Å². The first-order valence-corrected chi connectivity index (χ1v) is 6.66. The van der Waals surface area contributed by atoms with E-state index in [-0.39, 0.29) is 18.1 Å². The number of hydrogen-bond donors (Lipinski definition) is 1. The Morgan fingerprint density at radius 3 is 2.61 bits per heavy atom. The maximum Gasteiger partial charge on any atom is 0.335 e. The van der Waals surface area contributed by atoms with Crippen LogP contribution < -0.4 is 0 Å². The van der Waals surface area contributed by atoms with Crippen LogP contribution in [-0.4, -0.2) is 28.9 Å². The van der Waals surface area contributed by atoms with Crippen molar-refractivity contribution in [1.82, 2.24) is 0 Å². The summed E-state index contributed by atoms with van der Waals surface area (Å²) in [5, 5.41) is 9.18. The van der Waals surface area contributed by atoms with Crippen molar-refractivity contribution < 1.29 is 19.4 Å². The molecule has 0 aromatic heterocycles. The molecule has 0 bridgehead atoms. The van der Waals surface area contributed by atoms with Gasteiger partial charge in [0.05, 0.1) is 13.0 Å². The lowest BCUT2D eigenvalue weighted by Gasteiger charge is -2.08. The molecule has 1 rings (SSSR count). The Bertz CT molecular complexity index is 391. The van der Waals surface area contributed by atoms with Crippen LogP contribution in [-0.2, 0) is 20.1 Å². The molecule has 0 aliphatic rings. The number of thioether (sulfide) groups is 1. The first-order valence-electron chi connectivity index (χ1n) is 5.67. The monoisotopic (exact) mass is 268 g/mol. The van der Waals surface area contributed by atoms with E-state index in [2.05, 4.69) is 4.74 Å². The Hall–Kier alpha value is -1.33. The Morgan fingerprint density at radius 2 is 2.00 bits per heavy atom. The van der Waals surface area contributed by atoms with Crippen molar-refractivity contribution in [3.05, 3.63) is 35.9 Å². The zero-order valence-corrected chi connectivity index (χ0v) is 11.0. The van der Waals surface area contributed by atoms with Crippen LogP contribution in [0.3, 0.4) is 0 Å². The molecule has 0 radical (unpaired) electrons. The standard InChI is InChI=1S/C13H16O4S/c1-2-17-13(16)11(14)8-12(15)18-9-10-6-4-3-5-7-10/h3-7,11,14H,2,8-9H2,1H3. The van der Waals surface area contributed by atoms with E-state index in [1.165, 1.54) is 0 Å². The van der Waals surface area contributed by atoms with Gasteiger partial charge in [-0.15, -0.1) is 0 Å². The van der Waals surface area contributed by atoms with Crippen LogP contribution >= 0.6 is 11.8 Å². The van der Waals surface area contributed by atoms with Gasteiger partial charge in [-0.25, -0.2) is 4.79 Å². The number of hydrogen-bond acceptors (Lipinski definition) is 5. The third kappa shape index (κ3) is 5.33. The van der Waals surface area contributed by atoms with Gasteiger partial charge in [0, 0.05) is 5.75 Å². The van der Waals surface area contributed by atoms with Crippen molar-refractivity contribution in [2.75, 3.05) is 6.61 Å². The molecule has 0 aliphatic heterocycles. The second-order valence-corrected chi connectivity index (χ2v) is 4.65. The molecule has 0 saturated heterocycles. The molecule has 1 aromatic rings. The van der Waals surface area contributed by atoms with Crippen LogP contribution in [0, 0.1) is 0 Å². The minimum Gasteiger partial charge on any atom is -0.464 e. The molecule has 18 heavy (non-hydrogen) atoms. The third-order valence-corrected chi connectivity index (χ3v) is 3.13. The lowest BCUT2D eigenvalue weighted by atomic mass is 10.2. The Morgan fingerprint density at radius 1 is 1.33 bits per heavy atom. The molecule has 0 fully saturated rings. The number of benzene rings is 1. The van der Waals surface area contributed by atoms with Crippen molar-refractivity contribution in [3.63, 3.8) is 0 Å². The molecule has 1 unspecified atom stereocenters. The van der Waals surface area contributed by atoms with Gasteiger partial charge in [0.2, 0.25) is 0 Å². The Labute approximate surface area is 110 Å². The minimum absolute atomic E-state index is 0.196. The first-order chi connectivity index (χ1) is 8.63. The fourth-order valence-electron chi connectivity index (χ4n) is 1.28. The first kappa shape index (κ1) is 14.7. The molecule has 0 spiro atoms. The number of aliphatic hydroxyl groups excluding tert-OH is 1. The normalized spacial score (nSPS) is 11.9. The molecule has 1 N–H and O–H groups in total. The topological polar surface area (TPSA) is 63.6 Å². The maximum absolute atomic E-state index is 11.5. The van der Waals surface area contributed by atoms with Crippen LogP contribution in [0.5, 0.6) is 0 Å². The van der Waals surface area contributed by atoms with E-state index in [1.54, 1.807) is 6.92 Å². The van der Waals surface area contributed by atoms with E-state index in [1.807, 2.05) is 30.3 Å². The molecule has 1 atom stereocenters. The highest BCUT2D eigenvalue weighted by molar-refractivity contribution is 8.12. The predicted octanol–water partition coefficient (Wildman–Crippen LogP) is 1.76. The Kier molecular flexibility index (Phi) is 6.46. The number of ether oxygens (including phenoxy) is 1. The summed E-state index contributed by atoms with van der Waals surface area (Å²) in [4.78, 5) is 22.6. The van der Waals surface area contributed by atoms with Gasteiger partial charge in [0.15, 0.2) is 11.2 Å². The minimum atomic E-state index is -1.36. The van der Waals surface area contributed by atoms with Gasteiger partial charge in [0.25, 0.3) is 0 Å². The average molecular weight is 268 g/mol. The summed E-state index contributed by atoms with van der Waals surface area (Å²) in [5.74, 6) is -0.207. The van der Waals surface area contributed by atoms with Crippen molar-refractivity contribution >= 4 is 22.8 Å². The van der Waals surface area contributed by atoms with E-state index in [9.17, 15) is 14.7 Å². The number of esters is 1. The second-order valence-electron chi connectivity index (χ2n) is 3.62. The summed E-state index contributed by atoms with van der Waals surface area (Å²) in [6.07, 6.45) is -1.57. The number of rotatable bonds is 6. The lowest BCUT2D eigenvalue weighted by molar-refractivity contribution is -0.154. The summed E-state index contributed by atoms with van der Waals surface area (Å²) < 4.78 is 4.62. The molecule has 0 aliphatic carbocycles. The van der Waals surface area contributed by atoms with E-state index in [0.717, 1.165) is 17.3 Å². The molecule has 4 nitrogen and oxygen atoms in total. The summed E-state index contributed by atoms with van der Waals surface area (Å²) >= 11 is 1.09. The van der Waals surface area contributed by atoms with E-state index >= 15 is 0 Å². The molecule has 1 aromatic carbocycles. The maximum atomic E-state index is 11.5. The van der Waals surface area contributed by atoms with Gasteiger partial charge >= 0.3 is 5.97 Å². The highest BCUT2D eigenvalue weighted by Crippen LogP contribution is 2.15. The highest BCUT2D eigenvalue weighted by atomic mass is 32.2. The summed E-state index contributed by atoms with van der Waals surface area (Å²) in [5.41, 5.74) is 1.03. The molecule has 5 heteroatoms. The zero-order valence-electron chi connectivity index (χ0n) is 10.2. The van der Waals surface area contributed by atoms with Crippen molar-refractivity contribution in [1.29, 1.82) is 0 Å². The van der Waals surface area contributed by atoms with E-state index < -0.39 is 12.1 Å². The van der Waals surface area contributed by atoms with Crippen LogP contribution in [0.25, 0.3) is 0 Å². The zero-order chi connectivity index (χ0) is 13.4. The van der Waals surface area contributed by atoms with E-state index in [4.69, 9.17) is 0 Å². The van der Waals surface area contributed by atoms with Gasteiger partial charge in [-0.05, 0) is 12.5 Å². The molecular weight excluding hydrogens is 252 g/mol. The van der Waals surface area contributed by atoms with Crippen molar-refractivity contribution in [3.8, 4) is 0 Å². The van der Waals surface area contributed by atoms with Gasteiger partial charge in [0.1, 0.15) is 0 Å². The van der Waals surface area contributed by atoms with Crippen molar-refractivity contribution in [2.24, 2.45) is 0 Å². The molecular formula is C13H16O4S. The smallest absolute Gasteiger partial charge is 0.335 e. The summed E-state index contributed by atoms with van der Waals surface area (Å²) in [6, 6.07) is 9.53. The largest absolute Gasteiger partial charge is 0.464 e. The van der Waals surface area contributed by atoms with Gasteiger partial charge < -0.3 is 9.84 Å². The molecule has 0 saturated carbocycles. The summed E-state index contributed by atoms with van der Waals surface area (Å²) in [7, 11) is 0.